The van der Waals surface area contributed by atoms with Gasteiger partial charge in [-0.3, -0.25) is 0 Å². The van der Waals surface area contributed by atoms with Crippen LogP contribution >= 0.6 is 10.7 Å². The second-order valence-electron chi connectivity index (χ2n) is 3.72. The van der Waals surface area contributed by atoms with Gasteiger partial charge in [-0.15, -0.1) is 10.7 Å². The maximum atomic E-state index is 12.1. The maximum Gasteiger partial charge on any atom is 0.512 e. The number of alkyl halides is 3. The van der Waals surface area contributed by atoms with E-state index in [1.165, 1.54) is 12.3 Å². The molecule has 0 rings (SSSR count). The predicted octanol–water partition coefficient (Wildman–Crippen LogP) is 2.23. The lowest BCUT2D eigenvalue weighted by molar-refractivity contribution is -0.0440. The Bertz CT molecular complexity index is 351. The Labute approximate surface area is 90.2 Å². The first kappa shape index (κ1) is 14.9. The highest BCUT2D eigenvalue weighted by Crippen LogP contribution is 2.32. The average Bonchev–Trinajstić information content (AvgIpc) is 1.95. The van der Waals surface area contributed by atoms with Gasteiger partial charge < -0.3 is 0 Å². The molecule has 0 aromatic carbocycles. The summed E-state index contributed by atoms with van der Waals surface area (Å²) < 4.78 is 58.9. The van der Waals surface area contributed by atoms with E-state index in [0.29, 0.717) is 0 Å². The van der Waals surface area contributed by atoms with Crippen LogP contribution in [0.1, 0.15) is 27.7 Å². The summed E-state index contributed by atoms with van der Waals surface area (Å²) in [6, 6.07) is 0. The Balaban J connectivity index is 5.07. The molecule has 0 saturated heterocycles. The summed E-state index contributed by atoms with van der Waals surface area (Å²) in [7, 11) is -6.41. The van der Waals surface area contributed by atoms with Crippen LogP contribution in [-0.2, 0) is 10.0 Å². The van der Waals surface area contributed by atoms with E-state index in [-0.39, 0.29) is 0 Å². The normalized spacial score (nSPS) is 16.7. The first-order valence-corrected chi connectivity index (χ1v) is 6.80. The summed E-state index contributed by atoms with van der Waals surface area (Å²) in [4.78, 5) is 0. The van der Waals surface area contributed by atoms with Crippen LogP contribution in [0.25, 0.3) is 0 Å². The van der Waals surface area contributed by atoms with Crippen LogP contribution < -0.4 is 4.13 Å². The van der Waals surface area contributed by atoms with E-state index in [1.807, 2.05) is 0 Å². The molecular weight excluding hydrogens is 251 g/mol. The van der Waals surface area contributed by atoms with Gasteiger partial charge in [0.2, 0.25) is 0 Å². The number of nitrogens with one attached hydrogen (secondary N) is 1. The number of rotatable bonds is 2. The van der Waals surface area contributed by atoms with Crippen molar-refractivity contribution in [3.8, 4) is 0 Å². The van der Waals surface area contributed by atoms with Gasteiger partial charge in [-0.1, -0.05) is 20.8 Å². The maximum absolute atomic E-state index is 12.1. The number of hydrogen-bond donors (Lipinski definition) is 1. The van der Waals surface area contributed by atoms with Gasteiger partial charge >= 0.3 is 15.5 Å². The van der Waals surface area contributed by atoms with Gasteiger partial charge in [0.1, 0.15) is 0 Å². The molecule has 0 saturated carbocycles. The summed E-state index contributed by atoms with van der Waals surface area (Å²) in [6.07, 6.45) is 0. The van der Waals surface area contributed by atoms with Crippen LogP contribution in [0.2, 0.25) is 0 Å². The van der Waals surface area contributed by atoms with E-state index in [4.69, 9.17) is 0 Å². The lowest BCUT2D eigenvalue weighted by Gasteiger charge is -2.25. The number of halogens is 3. The Hall–Kier alpha value is -0.0800. The van der Waals surface area contributed by atoms with E-state index < -0.39 is 30.9 Å². The average molecular weight is 265 g/mol. The lowest BCUT2D eigenvalue weighted by Crippen LogP contribution is -2.36. The third-order valence-corrected chi connectivity index (χ3v) is 5.40. The fourth-order valence-electron chi connectivity index (χ4n) is 0.692. The van der Waals surface area contributed by atoms with Gasteiger partial charge in [-0.05, 0) is 12.3 Å². The van der Waals surface area contributed by atoms with E-state index in [9.17, 15) is 21.6 Å². The van der Waals surface area contributed by atoms with Gasteiger partial charge in [0, 0.05) is 4.75 Å². The Kier molecular flexibility index (Phi) is 4.40. The Morgan fingerprint density at radius 2 is 1.60 bits per heavy atom. The van der Waals surface area contributed by atoms with Crippen molar-refractivity contribution < 1.29 is 21.6 Å². The van der Waals surface area contributed by atoms with Crippen LogP contribution in [0.5, 0.6) is 0 Å². The minimum absolute atomic E-state index is 0.576. The summed E-state index contributed by atoms with van der Waals surface area (Å²) >= 11 is 0. The highest BCUT2D eigenvalue weighted by molar-refractivity contribution is 8.21. The van der Waals surface area contributed by atoms with Crippen LogP contribution in [0, 0.1) is 0 Å². The van der Waals surface area contributed by atoms with Crippen molar-refractivity contribution in [3.05, 3.63) is 0 Å². The molecule has 92 valence electrons. The standard InChI is InChI=1S/C7H14F3NO2S2/c1-5-14(6(2,3)4)11-15(12,13)7(8,9)10/h5,11H,1-4H3. The number of sulfonamides is 1. The van der Waals surface area contributed by atoms with Gasteiger partial charge in [0.15, 0.2) is 0 Å². The molecule has 0 aliphatic heterocycles. The molecule has 0 spiro atoms. The van der Waals surface area contributed by atoms with Crippen molar-refractivity contribution in [1.29, 1.82) is 0 Å². The van der Waals surface area contributed by atoms with Crippen LogP contribution in [0.4, 0.5) is 13.2 Å². The Morgan fingerprint density at radius 1 is 1.20 bits per heavy atom. The van der Waals surface area contributed by atoms with Crippen LogP contribution in [0.3, 0.4) is 0 Å². The molecule has 8 heteroatoms. The Morgan fingerprint density at radius 3 is 1.80 bits per heavy atom. The SMILES string of the molecule is C/C=S(/NS(=O)(=O)C(F)(F)F)C(C)(C)C. The molecule has 3 nitrogen and oxygen atoms in total. The van der Waals surface area contributed by atoms with Crippen molar-refractivity contribution in [2.24, 2.45) is 0 Å². The largest absolute Gasteiger partial charge is 0.512 e. The van der Waals surface area contributed by atoms with Gasteiger partial charge in [0.25, 0.3) is 0 Å². The highest BCUT2D eigenvalue weighted by atomic mass is 32.3. The summed E-state index contributed by atoms with van der Waals surface area (Å²) in [5, 5.41) is 1.42. The predicted molar refractivity (Wildman–Crippen MR) is 57.2 cm³/mol. The van der Waals surface area contributed by atoms with Gasteiger partial charge in [-0.2, -0.15) is 17.3 Å². The van der Waals surface area contributed by atoms with Gasteiger partial charge in [0.05, 0.1) is 0 Å². The molecule has 0 radical (unpaired) electrons. The molecule has 0 aromatic rings. The summed E-state index contributed by atoms with van der Waals surface area (Å²) in [6.45, 7) is 6.51. The molecule has 0 bridgehead atoms. The van der Waals surface area contributed by atoms with Crippen molar-refractivity contribution in [1.82, 2.24) is 4.13 Å². The molecular formula is C7H14F3NO2S2. The highest BCUT2D eigenvalue weighted by Gasteiger charge is 2.46. The third kappa shape index (κ3) is 4.12. The molecule has 15 heavy (non-hydrogen) atoms. The molecule has 0 amide bonds. The molecule has 0 heterocycles. The lowest BCUT2D eigenvalue weighted by atomic mass is 10.3. The smallest absolute Gasteiger partial charge is 0.202 e. The molecule has 0 aliphatic carbocycles. The molecule has 1 N–H and O–H groups in total. The van der Waals surface area contributed by atoms with Crippen LogP contribution in [-0.4, -0.2) is 24.0 Å². The molecule has 0 fully saturated rings. The second kappa shape index (κ2) is 4.42. The minimum atomic E-state index is -5.26. The first-order chi connectivity index (χ1) is 6.42. The van der Waals surface area contributed by atoms with E-state index in [2.05, 4.69) is 0 Å². The fraction of sp³-hybridized carbons (Fsp3) is 0.857. The molecule has 1 unspecified atom stereocenters. The fourth-order valence-corrected chi connectivity index (χ4v) is 4.11. The zero-order valence-electron chi connectivity index (χ0n) is 8.84. The summed E-state index contributed by atoms with van der Waals surface area (Å²) in [5.74, 6) is 0. The third-order valence-electron chi connectivity index (χ3n) is 1.40. The second-order valence-corrected chi connectivity index (χ2v) is 8.23. The van der Waals surface area contributed by atoms with E-state index in [0.717, 1.165) is 0 Å². The van der Waals surface area contributed by atoms with Crippen molar-refractivity contribution >= 4 is 26.1 Å². The monoisotopic (exact) mass is 265 g/mol. The van der Waals surface area contributed by atoms with Crippen LogP contribution in [0.15, 0.2) is 0 Å². The topological polar surface area (TPSA) is 46.2 Å². The van der Waals surface area contributed by atoms with Gasteiger partial charge in [-0.25, -0.2) is 8.42 Å². The van der Waals surface area contributed by atoms with Crippen molar-refractivity contribution in [2.75, 3.05) is 0 Å². The zero-order chi connectivity index (χ0) is 12.5. The molecule has 1 atom stereocenters. The van der Waals surface area contributed by atoms with Crippen molar-refractivity contribution in [3.63, 3.8) is 0 Å². The summed E-state index contributed by atoms with van der Waals surface area (Å²) in [5.41, 5.74) is -5.26. The molecule has 0 aromatic heterocycles. The zero-order valence-corrected chi connectivity index (χ0v) is 10.5. The van der Waals surface area contributed by atoms with Crippen molar-refractivity contribution in [2.45, 2.75) is 38.0 Å². The minimum Gasteiger partial charge on any atom is -0.202 e. The first-order valence-electron chi connectivity index (χ1n) is 4.03. The van der Waals surface area contributed by atoms with E-state index >= 15 is 0 Å². The van der Waals surface area contributed by atoms with E-state index in [1.54, 1.807) is 24.9 Å². The quantitative estimate of drug-likeness (QED) is 0.778. The number of hydrogen-bond acceptors (Lipinski definition) is 2. The molecule has 0 aliphatic rings.